The van der Waals surface area contributed by atoms with E-state index in [0.29, 0.717) is 30.9 Å². The molecule has 0 saturated heterocycles. The Kier molecular flexibility index (Phi) is 5.82. The van der Waals surface area contributed by atoms with Crippen molar-refractivity contribution < 1.29 is 17.9 Å². The van der Waals surface area contributed by atoms with Crippen molar-refractivity contribution in [2.45, 2.75) is 26.8 Å². The molecule has 7 heteroatoms. The molecule has 0 atom stereocenters. The van der Waals surface area contributed by atoms with Crippen LogP contribution >= 0.6 is 0 Å². The molecule has 0 unspecified atom stereocenters. The summed E-state index contributed by atoms with van der Waals surface area (Å²) in [7, 11) is -3.22. The van der Waals surface area contributed by atoms with Gasteiger partial charge in [0.25, 0.3) is 5.91 Å². The molecule has 0 fully saturated rings. The number of benzene rings is 2. The third-order valence-electron chi connectivity index (χ3n) is 4.68. The van der Waals surface area contributed by atoms with Crippen LogP contribution in [0.5, 0.6) is 5.75 Å². The van der Waals surface area contributed by atoms with Crippen LogP contribution in [0, 0.1) is 6.92 Å². The van der Waals surface area contributed by atoms with E-state index in [2.05, 4.69) is 5.32 Å². The Bertz CT molecular complexity index is 941. The molecule has 1 aliphatic rings. The number of fused-ring (bicyclic) bond motifs is 1. The second-order valence-electron chi connectivity index (χ2n) is 6.57. The van der Waals surface area contributed by atoms with E-state index in [-0.39, 0.29) is 18.3 Å². The number of rotatable bonds is 6. The van der Waals surface area contributed by atoms with Crippen molar-refractivity contribution in [3.05, 3.63) is 59.2 Å². The Balaban J connectivity index is 1.64. The fourth-order valence-electron chi connectivity index (χ4n) is 3.09. The van der Waals surface area contributed by atoms with Gasteiger partial charge in [0.1, 0.15) is 5.75 Å². The topological polar surface area (TPSA) is 75.7 Å². The molecule has 144 valence electrons. The number of nitrogens with zero attached hydrogens (tertiary/aromatic N) is 1. The Hall–Kier alpha value is -2.38. The predicted molar refractivity (Wildman–Crippen MR) is 105 cm³/mol. The monoisotopic (exact) mass is 388 g/mol. The highest BCUT2D eigenvalue weighted by atomic mass is 32.2. The van der Waals surface area contributed by atoms with Crippen molar-refractivity contribution in [3.63, 3.8) is 0 Å². The quantitative estimate of drug-likeness (QED) is 0.826. The molecule has 1 aliphatic heterocycles. The highest BCUT2D eigenvalue weighted by Gasteiger charge is 2.25. The normalized spacial score (nSPS) is 14.4. The zero-order valence-corrected chi connectivity index (χ0v) is 16.4. The first-order chi connectivity index (χ1) is 12.9. The van der Waals surface area contributed by atoms with Crippen LogP contribution < -0.4 is 10.1 Å². The zero-order chi connectivity index (χ0) is 19.4. The molecule has 1 heterocycles. The summed E-state index contributed by atoms with van der Waals surface area (Å²) in [5, 5.41) is 2.82. The second-order valence-corrected chi connectivity index (χ2v) is 8.83. The summed E-state index contributed by atoms with van der Waals surface area (Å²) in [6, 6.07) is 13.2. The lowest BCUT2D eigenvalue weighted by Gasteiger charge is -2.28. The number of para-hydroxylation sites is 1. The maximum Gasteiger partial charge on any atom is 0.262 e. The van der Waals surface area contributed by atoms with E-state index in [4.69, 9.17) is 4.74 Å². The molecule has 1 amide bonds. The molecular weight excluding hydrogens is 364 g/mol. The number of aryl methyl sites for hydroxylation is 1. The van der Waals surface area contributed by atoms with Gasteiger partial charge in [-0.2, -0.15) is 4.31 Å². The summed E-state index contributed by atoms with van der Waals surface area (Å²) in [6.45, 7) is 4.33. The molecule has 0 saturated carbocycles. The third kappa shape index (κ3) is 4.67. The van der Waals surface area contributed by atoms with Crippen molar-refractivity contribution in [2.75, 3.05) is 24.2 Å². The van der Waals surface area contributed by atoms with E-state index >= 15 is 0 Å². The molecule has 3 rings (SSSR count). The summed E-state index contributed by atoms with van der Waals surface area (Å²) >= 11 is 0. The maximum absolute atomic E-state index is 12.2. The third-order valence-corrected chi connectivity index (χ3v) is 6.51. The van der Waals surface area contributed by atoms with Gasteiger partial charge in [-0.25, -0.2) is 8.42 Å². The lowest BCUT2D eigenvalue weighted by molar-refractivity contribution is -0.118. The number of hydrogen-bond acceptors (Lipinski definition) is 4. The van der Waals surface area contributed by atoms with Crippen molar-refractivity contribution in [2.24, 2.45) is 0 Å². The van der Waals surface area contributed by atoms with E-state index in [9.17, 15) is 13.2 Å². The number of anilines is 1. The molecule has 1 N–H and O–H groups in total. The first kappa shape index (κ1) is 19.4. The minimum Gasteiger partial charge on any atom is -0.483 e. The predicted octanol–water partition coefficient (Wildman–Crippen LogP) is 2.72. The van der Waals surface area contributed by atoms with Crippen LogP contribution in [0.1, 0.15) is 23.6 Å². The number of carbonyl (C=O) groups is 1. The standard InChI is InChI=1S/C20H24N2O4S/c1-3-27(24,25)22-11-10-16-8-9-18(12-17(16)13-22)21-20(23)14-26-19-7-5-4-6-15(19)2/h4-9,12H,3,10-11,13-14H2,1-2H3,(H,21,23). The van der Waals surface area contributed by atoms with E-state index in [1.165, 1.54) is 4.31 Å². The lowest BCUT2D eigenvalue weighted by atomic mass is 10.0. The fourth-order valence-corrected chi connectivity index (χ4v) is 4.16. The fraction of sp³-hybridized carbons (Fsp3) is 0.350. The van der Waals surface area contributed by atoms with Crippen LogP contribution in [0.3, 0.4) is 0 Å². The van der Waals surface area contributed by atoms with E-state index in [1.54, 1.807) is 6.92 Å². The van der Waals surface area contributed by atoms with Crippen molar-refractivity contribution >= 4 is 21.6 Å². The summed E-state index contributed by atoms with van der Waals surface area (Å²) in [4.78, 5) is 12.2. The number of carbonyl (C=O) groups excluding carboxylic acids is 1. The second kappa shape index (κ2) is 8.10. The van der Waals surface area contributed by atoms with Crippen molar-refractivity contribution in [1.82, 2.24) is 4.31 Å². The molecule has 0 bridgehead atoms. The number of ether oxygens (including phenoxy) is 1. The summed E-state index contributed by atoms with van der Waals surface area (Å²) < 4.78 is 31.3. The number of sulfonamides is 1. The highest BCUT2D eigenvalue weighted by Crippen LogP contribution is 2.24. The van der Waals surface area contributed by atoms with Crippen molar-refractivity contribution in [1.29, 1.82) is 0 Å². The first-order valence-electron chi connectivity index (χ1n) is 8.97. The first-order valence-corrected chi connectivity index (χ1v) is 10.6. The van der Waals surface area contributed by atoms with Crippen LogP contribution in [-0.4, -0.2) is 37.5 Å². The van der Waals surface area contributed by atoms with Crippen LogP contribution in [0.15, 0.2) is 42.5 Å². The molecule has 0 spiro atoms. The zero-order valence-electron chi connectivity index (χ0n) is 15.6. The molecule has 0 aliphatic carbocycles. The van der Waals surface area contributed by atoms with Gasteiger partial charge in [-0.1, -0.05) is 24.3 Å². The average Bonchev–Trinajstić information content (AvgIpc) is 2.66. The van der Waals surface area contributed by atoms with Crippen LogP contribution in [0.2, 0.25) is 0 Å². The average molecular weight is 388 g/mol. The largest absolute Gasteiger partial charge is 0.483 e. The van der Waals surface area contributed by atoms with Gasteiger partial charge in [0, 0.05) is 18.8 Å². The molecule has 0 radical (unpaired) electrons. The maximum atomic E-state index is 12.2. The Morgan fingerprint density at radius 3 is 2.70 bits per heavy atom. The van der Waals surface area contributed by atoms with Gasteiger partial charge in [0.15, 0.2) is 6.61 Å². The van der Waals surface area contributed by atoms with Gasteiger partial charge < -0.3 is 10.1 Å². The number of hydrogen-bond donors (Lipinski definition) is 1. The SMILES string of the molecule is CCS(=O)(=O)N1CCc2ccc(NC(=O)COc3ccccc3C)cc2C1. The number of nitrogens with one attached hydrogen (secondary N) is 1. The Morgan fingerprint density at radius 2 is 1.96 bits per heavy atom. The summed E-state index contributed by atoms with van der Waals surface area (Å²) in [5.41, 5.74) is 3.65. The van der Waals surface area contributed by atoms with E-state index in [0.717, 1.165) is 16.7 Å². The lowest BCUT2D eigenvalue weighted by Crippen LogP contribution is -2.36. The van der Waals surface area contributed by atoms with Gasteiger partial charge in [-0.3, -0.25) is 4.79 Å². The van der Waals surface area contributed by atoms with Crippen LogP contribution in [-0.2, 0) is 27.8 Å². The Morgan fingerprint density at radius 1 is 1.19 bits per heavy atom. The molecule has 6 nitrogen and oxygen atoms in total. The molecule has 2 aromatic rings. The highest BCUT2D eigenvalue weighted by molar-refractivity contribution is 7.89. The van der Waals surface area contributed by atoms with Crippen LogP contribution in [0.4, 0.5) is 5.69 Å². The van der Waals surface area contributed by atoms with Crippen LogP contribution in [0.25, 0.3) is 0 Å². The number of amides is 1. The molecule has 27 heavy (non-hydrogen) atoms. The van der Waals surface area contributed by atoms with Gasteiger partial charge in [-0.05, 0) is 55.2 Å². The van der Waals surface area contributed by atoms with E-state index < -0.39 is 10.0 Å². The smallest absolute Gasteiger partial charge is 0.262 e. The molecule has 2 aromatic carbocycles. The van der Waals surface area contributed by atoms with Gasteiger partial charge in [-0.15, -0.1) is 0 Å². The summed E-state index contributed by atoms with van der Waals surface area (Å²) in [5.74, 6) is 0.514. The van der Waals surface area contributed by atoms with Gasteiger partial charge in [0.05, 0.1) is 5.75 Å². The molecule has 0 aromatic heterocycles. The summed E-state index contributed by atoms with van der Waals surface area (Å²) in [6.07, 6.45) is 0.680. The van der Waals surface area contributed by atoms with Gasteiger partial charge in [0.2, 0.25) is 10.0 Å². The Labute approximate surface area is 160 Å². The van der Waals surface area contributed by atoms with Crippen molar-refractivity contribution in [3.8, 4) is 5.75 Å². The minimum absolute atomic E-state index is 0.0850. The van der Waals surface area contributed by atoms with E-state index in [1.807, 2.05) is 49.4 Å². The minimum atomic E-state index is -3.22. The molecular formula is C20H24N2O4S. The van der Waals surface area contributed by atoms with Gasteiger partial charge >= 0.3 is 0 Å².